The highest BCUT2D eigenvalue weighted by Gasteiger charge is 2.11. The molecule has 1 aromatic carbocycles. The third-order valence-electron chi connectivity index (χ3n) is 3.48. The van der Waals surface area contributed by atoms with Gasteiger partial charge >= 0.3 is 0 Å². The minimum atomic E-state index is -0.116. The van der Waals surface area contributed by atoms with E-state index in [9.17, 15) is 4.79 Å². The number of carbonyl (C=O) groups excluding carboxylic acids is 1. The van der Waals surface area contributed by atoms with Gasteiger partial charge in [0.25, 0.3) is 5.91 Å². The van der Waals surface area contributed by atoms with Crippen molar-refractivity contribution >= 4 is 21.8 Å². The molecule has 3 rings (SSSR count). The van der Waals surface area contributed by atoms with Crippen LogP contribution in [-0.4, -0.2) is 20.7 Å². The van der Waals surface area contributed by atoms with E-state index in [2.05, 4.69) is 31.3 Å². The molecule has 1 N–H and O–H groups in total. The van der Waals surface area contributed by atoms with Crippen molar-refractivity contribution in [3.05, 3.63) is 76.8 Å². The Morgan fingerprint density at radius 2 is 2.00 bits per heavy atom. The summed E-state index contributed by atoms with van der Waals surface area (Å²) in [6, 6.07) is 11.0. The number of nitrogens with zero attached hydrogens (tertiary/aromatic N) is 3. The molecule has 1 amide bonds. The summed E-state index contributed by atoms with van der Waals surface area (Å²) in [7, 11) is 0. The Hall–Kier alpha value is -2.47. The molecule has 1 atom stereocenters. The summed E-state index contributed by atoms with van der Waals surface area (Å²) in [6.07, 6.45) is 7.05. The van der Waals surface area contributed by atoms with E-state index in [1.807, 2.05) is 37.4 Å². The average molecular weight is 371 g/mol. The summed E-state index contributed by atoms with van der Waals surface area (Å²) in [5.74, 6) is -0.116. The van der Waals surface area contributed by atoms with Gasteiger partial charge in [0.2, 0.25) is 0 Å². The Balaban J connectivity index is 1.70. The Morgan fingerprint density at radius 1 is 1.22 bits per heavy atom. The van der Waals surface area contributed by atoms with Crippen molar-refractivity contribution in [1.29, 1.82) is 0 Å². The van der Waals surface area contributed by atoms with E-state index in [1.165, 1.54) is 0 Å². The number of hydrogen-bond donors (Lipinski definition) is 1. The van der Waals surface area contributed by atoms with Gasteiger partial charge < -0.3 is 5.32 Å². The fourth-order valence-electron chi connectivity index (χ4n) is 2.20. The number of pyridine rings is 1. The largest absolute Gasteiger partial charge is 0.345 e. The van der Waals surface area contributed by atoms with Gasteiger partial charge in [0.05, 0.1) is 22.4 Å². The maximum absolute atomic E-state index is 12.3. The molecule has 5 nitrogen and oxygen atoms in total. The molecule has 0 radical (unpaired) electrons. The predicted molar refractivity (Wildman–Crippen MR) is 91.4 cm³/mol. The summed E-state index contributed by atoms with van der Waals surface area (Å²) in [6.45, 7) is 1.94. The smallest absolute Gasteiger partial charge is 0.251 e. The van der Waals surface area contributed by atoms with Crippen molar-refractivity contribution in [2.45, 2.75) is 13.0 Å². The zero-order valence-electron chi connectivity index (χ0n) is 12.5. The first-order valence-electron chi connectivity index (χ1n) is 7.15. The summed E-state index contributed by atoms with van der Waals surface area (Å²) >= 11 is 3.36. The lowest BCUT2D eigenvalue weighted by Gasteiger charge is -2.14. The third kappa shape index (κ3) is 3.65. The topological polar surface area (TPSA) is 59.8 Å². The van der Waals surface area contributed by atoms with Crippen LogP contribution in [0.25, 0.3) is 5.69 Å². The molecule has 0 spiro atoms. The molecule has 0 aliphatic rings. The van der Waals surface area contributed by atoms with Crippen molar-refractivity contribution in [1.82, 2.24) is 20.1 Å². The molecule has 0 aliphatic carbocycles. The predicted octanol–water partition coefficient (Wildman–Crippen LogP) is 3.52. The molecule has 0 bridgehead atoms. The van der Waals surface area contributed by atoms with E-state index in [1.54, 1.807) is 35.4 Å². The number of aromatic nitrogens is 3. The summed E-state index contributed by atoms with van der Waals surface area (Å²) in [5, 5.41) is 7.18. The second-order valence-corrected chi connectivity index (χ2v) is 6.05. The maximum Gasteiger partial charge on any atom is 0.251 e. The Labute approximate surface area is 142 Å². The van der Waals surface area contributed by atoms with Gasteiger partial charge in [0.1, 0.15) is 0 Å². The zero-order valence-corrected chi connectivity index (χ0v) is 14.1. The molecule has 0 saturated carbocycles. The summed E-state index contributed by atoms with van der Waals surface area (Å²) in [5.41, 5.74) is 2.47. The van der Waals surface area contributed by atoms with Gasteiger partial charge in [-0.1, -0.05) is 6.07 Å². The minimum absolute atomic E-state index is 0.0991. The van der Waals surface area contributed by atoms with Gasteiger partial charge in [-0.15, -0.1) is 0 Å². The van der Waals surface area contributed by atoms with Crippen molar-refractivity contribution in [2.75, 3.05) is 0 Å². The molecule has 23 heavy (non-hydrogen) atoms. The van der Waals surface area contributed by atoms with E-state index in [0.717, 1.165) is 15.7 Å². The normalized spacial score (nSPS) is 11.9. The van der Waals surface area contributed by atoms with E-state index in [0.29, 0.717) is 5.56 Å². The summed E-state index contributed by atoms with van der Waals surface area (Å²) in [4.78, 5) is 16.4. The molecule has 0 aliphatic heterocycles. The lowest BCUT2D eigenvalue weighted by molar-refractivity contribution is 0.0940. The second kappa shape index (κ2) is 6.75. The van der Waals surface area contributed by atoms with Crippen LogP contribution in [0.4, 0.5) is 0 Å². The molecule has 0 saturated heterocycles. The van der Waals surface area contributed by atoms with Crippen LogP contribution in [0.15, 0.2) is 65.7 Å². The van der Waals surface area contributed by atoms with Crippen molar-refractivity contribution in [3.8, 4) is 5.69 Å². The molecular weight excluding hydrogens is 356 g/mol. The van der Waals surface area contributed by atoms with Gasteiger partial charge in [-0.2, -0.15) is 5.10 Å². The minimum Gasteiger partial charge on any atom is -0.345 e. The van der Waals surface area contributed by atoms with Gasteiger partial charge in [0, 0.05) is 24.2 Å². The van der Waals surface area contributed by atoms with E-state index in [-0.39, 0.29) is 11.9 Å². The lowest BCUT2D eigenvalue weighted by atomic mass is 10.1. The number of carbonyl (C=O) groups is 1. The molecule has 116 valence electrons. The van der Waals surface area contributed by atoms with Crippen LogP contribution in [0.3, 0.4) is 0 Å². The highest BCUT2D eigenvalue weighted by atomic mass is 79.9. The standard InChI is InChI=1S/C17H15BrN4O/c1-12(14-3-2-8-19-9-14)21-17(23)13-4-6-16(7-5-13)22-11-15(18)10-20-22/h2-12H,1H3,(H,21,23)/t12-/m1/s1. The van der Waals surface area contributed by atoms with Crippen LogP contribution in [0.5, 0.6) is 0 Å². The maximum atomic E-state index is 12.3. The van der Waals surface area contributed by atoms with Crippen molar-refractivity contribution in [3.63, 3.8) is 0 Å². The Bertz CT molecular complexity index is 799. The molecule has 0 unspecified atom stereocenters. The molecule has 3 aromatic rings. The number of rotatable bonds is 4. The first kappa shape index (κ1) is 15.4. The molecule has 2 heterocycles. The first-order chi connectivity index (χ1) is 11.1. The van der Waals surface area contributed by atoms with Gasteiger partial charge in [-0.05, 0) is 58.7 Å². The molecular formula is C17H15BrN4O. The number of hydrogen-bond acceptors (Lipinski definition) is 3. The number of nitrogens with one attached hydrogen (secondary N) is 1. The van der Waals surface area contributed by atoms with Gasteiger partial charge in [-0.3, -0.25) is 9.78 Å². The number of halogens is 1. The second-order valence-electron chi connectivity index (χ2n) is 5.13. The fourth-order valence-corrected chi connectivity index (χ4v) is 2.49. The van der Waals surface area contributed by atoms with E-state index < -0.39 is 0 Å². The Kier molecular flexibility index (Phi) is 4.52. The van der Waals surface area contributed by atoms with Crippen LogP contribution in [-0.2, 0) is 0 Å². The number of benzene rings is 1. The van der Waals surface area contributed by atoms with Crippen LogP contribution in [0.1, 0.15) is 28.9 Å². The van der Waals surface area contributed by atoms with Crippen LogP contribution < -0.4 is 5.32 Å². The van der Waals surface area contributed by atoms with Crippen LogP contribution in [0.2, 0.25) is 0 Å². The van der Waals surface area contributed by atoms with Gasteiger partial charge in [-0.25, -0.2) is 4.68 Å². The SMILES string of the molecule is C[C@@H](NC(=O)c1ccc(-n2cc(Br)cn2)cc1)c1cccnc1. The third-order valence-corrected chi connectivity index (χ3v) is 3.89. The van der Waals surface area contributed by atoms with Gasteiger partial charge in [0.15, 0.2) is 0 Å². The molecule has 2 aromatic heterocycles. The Morgan fingerprint density at radius 3 is 2.61 bits per heavy atom. The summed E-state index contributed by atoms with van der Waals surface area (Å²) < 4.78 is 2.65. The van der Waals surface area contributed by atoms with E-state index in [4.69, 9.17) is 0 Å². The average Bonchev–Trinajstić information content (AvgIpc) is 3.02. The lowest BCUT2D eigenvalue weighted by Crippen LogP contribution is -2.26. The van der Waals surface area contributed by atoms with E-state index >= 15 is 0 Å². The monoisotopic (exact) mass is 370 g/mol. The highest BCUT2D eigenvalue weighted by Crippen LogP contribution is 2.15. The zero-order chi connectivity index (χ0) is 16.2. The highest BCUT2D eigenvalue weighted by molar-refractivity contribution is 9.10. The van der Waals surface area contributed by atoms with Crippen LogP contribution >= 0.6 is 15.9 Å². The fraction of sp³-hybridized carbons (Fsp3) is 0.118. The van der Waals surface area contributed by atoms with Crippen molar-refractivity contribution in [2.24, 2.45) is 0 Å². The first-order valence-corrected chi connectivity index (χ1v) is 7.94. The quantitative estimate of drug-likeness (QED) is 0.764. The van der Waals surface area contributed by atoms with Crippen molar-refractivity contribution < 1.29 is 4.79 Å². The van der Waals surface area contributed by atoms with Crippen LogP contribution in [0, 0.1) is 0 Å². The number of amides is 1. The molecule has 6 heteroatoms. The molecule has 0 fully saturated rings.